The van der Waals surface area contributed by atoms with E-state index in [9.17, 15) is 10.1 Å². The maximum absolute atomic E-state index is 12.8. The third kappa shape index (κ3) is 2.42. The van der Waals surface area contributed by atoms with E-state index in [4.69, 9.17) is 0 Å². The number of imidazole rings is 1. The molecule has 1 amide bonds. The molecule has 5 nitrogen and oxygen atoms in total. The van der Waals surface area contributed by atoms with Crippen LogP contribution in [0.4, 0.5) is 0 Å². The van der Waals surface area contributed by atoms with Crippen molar-refractivity contribution in [1.29, 1.82) is 5.26 Å². The second-order valence-electron chi connectivity index (χ2n) is 5.96. The molecule has 0 bridgehead atoms. The first kappa shape index (κ1) is 14.5. The Labute approximate surface area is 139 Å². The topological polar surface area (TPSA) is 61.9 Å². The smallest absolute Gasteiger partial charge is 0.242 e. The van der Waals surface area contributed by atoms with Gasteiger partial charge in [0.25, 0.3) is 0 Å². The number of hydrogen-bond acceptors (Lipinski definition) is 3. The van der Waals surface area contributed by atoms with E-state index in [0.29, 0.717) is 13.1 Å². The highest BCUT2D eigenvalue weighted by Gasteiger charge is 2.22. The van der Waals surface area contributed by atoms with Gasteiger partial charge in [-0.15, -0.1) is 0 Å². The maximum atomic E-state index is 12.8. The van der Waals surface area contributed by atoms with Crippen LogP contribution in [0.15, 0.2) is 48.5 Å². The largest absolute Gasteiger partial charge is 0.336 e. The van der Waals surface area contributed by atoms with Gasteiger partial charge in [0.2, 0.25) is 11.7 Å². The number of benzene rings is 2. The number of hydrogen-bond donors (Lipinski definition) is 0. The third-order valence-electron chi connectivity index (χ3n) is 4.53. The van der Waals surface area contributed by atoms with E-state index in [0.717, 1.165) is 17.5 Å². The van der Waals surface area contributed by atoms with E-state index in [2.05, 4.69) is 23.2 Å². The number of aromatic nitrogens is 2. The van der Waals surface area contributed by atoms with Crippen LogP contribution in [0.3, 0.4) is 0 Å². The van der Waals surface area contributed by atoms with Crippen molar-refractivity contribution >= 4 is 16.9 Å². The van der Waals surface area contributed by atoms with E-state index in [-0.39, 0.29) is 18.3 Å². The van der Waals surface area contributed by atoms with E-state index in [1.54, 1.807) is 4.57 Å². The summed E-state index contributed by atoms with van der Waals surface area (Å²) in [6.07, 6.45) is 0.873. The Morgan fingerprint density at radius 3 is 2.71 bits per heavy atom. The van der Waals surface area contributed by atoms with Crippen molar-refractivity contribution in [2.24, 2.45) is 0 Å². The number of rotatable bonds is 2. The Hall–Kier alpha value is -3.13. The van der Waals surface area contributed by atoms with Crippen molar-refractivity contribution in [2.75, 3.05) is 6.54 Å². The minimum atomic E-state index is 0.0177. The Morgan fingerprint density at radius 2 is 1.88 bits per heavy atom. The van der Waals surface area contributed by atoms with Gasteiger partial charge in [0, 0.05) is 13.1 Å². The Kier molecular flexibility index (Phi) is 3.51. The number of fused-ring (bicyclic) bond motifs is 2. The second-order valence-corrected chi connectivity index (χ2v) is 5.96. The molecule has 5 heteroatoms. The van der Waals surface area contributed by atoms with Crippen LogP contribution in [0.2, 0.25) is 0 Å². The van der Waals surface area contributed by atoms with Gasteiger partial charge in [-0.2, -0.15) is 5.26 Å². The summed E-state index contributed by atoms with van der Waals surface area (Å²) >= 11 is 0. The molecule has 0 aliphatic carbocycles. The fraction of sp³-hybridized carbons (Fsp3) is 0.211. The summed E-state index contributed by atoms with van der Waals surface area (Å²) in [4.78, 5) is 18.9. The highest BCUT2D eigenvalue weighted by atomic mass is 16.2. The van der Waals surface area contributed by atoms with Gasteiger partial charge < -0.3 is 9.47 Å². The fourth-order valence-corrected chi connectivity index (χ4v) is 3.26. The molecule has 0 saturated heterocycles. The molecule has 0 fully saturated rings. The fourth-order valence-electron chi connectivity index (χ4n) is 3.26. The molecule has 2 heterocycles. The first-order chi connectivity index (χ1) is 11.8. The first-order valence-electron chi connectivity index (χ1n) is 7.96. The lowest BCUT2D eigenvalue weighted by Crippen LogP contribution is -2.38. The molecule has 4 rings (SSSR count). The van der Waals surface area contributed by atoms with E-state index in [1.807, 2.05) is 41.3 Å². The standard InChI is InChI=1S/C19H16N4O/c20-11-18-21-16-7-3-4-8-17(16)23(18)13-19(24)22-10-9-14-5-1-2-6-15(14)12-22/h1-8H,9-10,12-13H2. The lowest BCUT2D eigenvalue weighted by Gasteiger charge is -2.29. The highest BCUT2D eigenvalue weighted by molar-refractivity contribution is 5.81. The summed E-state index contributed by atoms with van der Waals surface area (Å²) in [6, 6.07) is 17.8. The Balaban J connectivity index is 1.61. The molecule has 1 aliphatic heterocycles. The average Bonchev–Trinajstić information content (AvgIpc) is 2.99. The predicted octanol–water partition coefficient (Wildman–Crippen LogP) is 2.49. The van der Waals surface area contributed by atoms with Gasteiger partial charge in [-0.3, -0.25) is 4.79 Å². The average molecular weight is 316 g/mol. The summed E-state index contributed by atoms with van der Waals surface area (Å²) < 4.78 is 1.71. The van der Waals surface area contributed by atoms with Crippen molar-refractivity contribution in [3.8, 4) is 6.07 Å². The minimum absolute atomic E-state index is 0.0177. The van der Waals surface area contributed by atoms with Crippen LogP contribution in [0.5, 0.6) is 0 Å². The van der Waals surface area contributed by atoms with Gasteiger partial charge in [0.05, 0.1) is 11.0 Å². The van der Waals surface area contributed by atoms with Crippen LogP contribution < -0.4 is 0 Å². The molecular formula is C19H16N4O. The number of carbonyl (C=O) groups is 1. The van der Waals surface area contributed by atoms with E-state index < -0.39 is 0 Å². The van der Waals surface area contributed by atoms with Crippen molar-refractivity contribution in [3.63, 3.8) is 0 Å². The summed E-state index contributed by atoms with van der Waals surface area (Å²) in [5, 5.41) is 9.31. The molecule has 1 aromatic heterocycles. The monoisotopic (exact) mass is 316 g/mol. The maximum Gasteiger partial charge on any atom is 0.242 e. The predicted molar refractivity (Wildman–Crippen MR) is 90.0 cm³/mol. The van der Waals surface area contributed by atoms with Crippen molar-refractivity contribution in [1.82, 2.24) is 14.5 Å². The zero-order chi connectivity index (χ0) is 16.5. The van der Waals surface area contributed by atoms with Gasteiger partial charge in [0.15, 0.2) is 0 Å². The molecule has 0 spiro atoms. The van der Waals surface area contributed by atoms with Crippen LogP contribution in [0.25, 0.3) is 11.0 Å². The number of nitrogens with zero attached hydrogens (tertiary/aromatic N) is 4. The van der Waals surface area contributed by atoms with Gasteiger partial charge in [-0.1, -0.05) is 36.4 Å². The van der Waals surface area contributed by atoms with Crippen LogP contribution >= 0.6 is 0 Å². The molecular weight excluding hydrogens is 300 g/mol. The van der Waals surface area contributed by atoms with Crippen LogP contribution in [-0.4, -0.2) is 26.9 Å². The zero-order valence-corrected chi connectivity index (χ0v) is 13.1. The summed E-state index contributed by atoms with van der Waals surface area (Å²) in [5.41, 5.74) is 4.08. The number of nitriles is 1. The van der Waals surface area contributed by atoms with Crippen molar-refractivity contribution in [3.05, 3.63) is 65.5 Å². The SMILES string of the molecule is N#Cc1nc2ccccc2n1CC(=O)N1CCc2ccccc2C1. The number of carbonyl (C=O) groups excluding carboxylic acids is 1. The third-order valence-corrected chi connectivity index (χ3v) is 4.53. The van der Waals surface area contributed by atoms with Gasteiger partial charge in [-0.05, 0) is 29.7 Å². The van der Waals surface area contributed by atoms with Crippen LogP contribution in [0, 0.1) is 11.3 Å². The molecule has 0 saturated carbocycles. The van der Waals surface area contributed by atoms with Crippen LogP contribution in [-0.2, 0) is 24.3 Å². The first-order valence-corrected chi connectivity index (χ1v) is 7.96. The molecule has 3 aromatic rings. The van der Waals surface area contributed by atoms with Crippen molar-refractivity contribution in [2.45, 2.75) is 19.5 Å². The Morgan fingerprint density at radius 1 is 1.12 bits per heavy atom. The highest BCUT2D eigenvalue weighted by Crippen LogP contribution is 2.20. The molecule has 0 unspecified atom stereocenters. The lowest BCUT2D eigenvalue weighted by atomic mass is 10.00. The zero-order valence-electron chi connectivity index (χ0n) is 13.1. The van der Waals surface area contributed by atoms with Crippen molar-refractivity contribution < 1.29 is 4.79 Å². The molecule has 24 heavy (non-hydrogen) atoms. The molecule has 0 N–H and O–H groups in total. The normalized spacial score (nSPS) is 13.5. The number of para-hydroxylation sites is 2. The number of amides is 1. The molecule has 0 atom stereocenters. The summed E-state index contributed by atoms with van der Waals surface area (Å²) in [6.45, 7) is 1.49. The Bertz CT molecular complexity index is 967. The van der Waals surface area contributed by atoms with Gasteiger partial charge in [0.1, 0.15) is 12.6 Å². The molecule has 0 radical (unpaired) electrons. The quantitative estimate of drug-likeness (QED) is 0.730. The molecule has 1 aliphatic rings. The summed E-state index contributed by atoms with van der Waals surface area (Å²) in [7, 11) is 0. The minimum Gasteiger partial charge on any atom is -0.336 e. The second kappa shape index (κ2) is 5.82. The van der Waals surface area contributed by atoms with Crippen LogP contribution in [0.1, 0.15) is 17.0 Å². The molecule has 2 aromatic carbocycles. The van der Waals surface area contributed by atoms with Gasteiger partial charge in [-0.25, -0.2) is 4.98 Å². The van der Waals surface area contributed by atoms with Gasteiger partial charge >= 0.3 is 0 Å². The lowest BCUT2D eigenvalue weighted by molar-refractivity contribution is -0.132. The van der Waals surface area contributed by atoms with E-state index in [1.165, 1.54) is 11.1 Å². The van der Waals surface area contributed by atoms with E-state index >= 15 is 0 Å². The molecule has 118 valence electrons. The summed E-state index contributed by atoms with van der Waals surface area (Å²) in [5.74, 6) is 0.297.